The number of anilines is 2. The minimum absolute atomic E-state index is 0. The molecule has 0 atom stereocenters. The Hall–Kier alpha value is -0.680. The molecular formula is C11H18Cl3N3O. The number of amides is 1. The van der Waals surface area contributed by atoms with Crippen LogP contribution in [-0.2, 0) is 4.79 Å². The third-order valence-corrected chi connectivity index (χ3v) is 2.38. The van der Waals surface area contributed by atoms with E-state index in [9.17, 15) is 4.79 Å². The summed E-state index contributed by atoms with van der Waals surface area (Å²) in [5.74, 6) is -0.104. The second-order valence-corrected chi connectivity index (χ2v) is 4.02. The number of nitrogens with two attached hydrogens (primary N) is 1. The van der Waals surface area contributed by atoms with Crippen LogP contribution in [0.4, 0.5) is 11.4 Å². The van der Waals surface area contributed by atoms with Crippen molar-refractivity contribution in [3.63, 3.8) is 0 Å². The maximum absolute atomic E-state index is 11.4. The Morgan fingerprint density at radius 3 is 2.50 bits per heavy atom. The smallest absolute Gasteiger partial charge is 0.225 e. The van der Waals surface area contributed by atoms with Crippen molar-refractivity contribution in [2.45, 2.75) is 6.42 Å². The lowest BCUT2D eigenvalue weighted by Crippen LogP contribution is -2.19. The van der Waals surface area contributed by atoms with E-state index in [-0.39, 0.29) is 30.7 Å². The summed E-state index contributed by atoms with van der Waals surface area (Å²) in [6, 6.07) is 5.40. The first-order chi connectivity index (χ1) is 7.56. The van der Waals surface area contributed by atoms with Gasteiger partial charge in [-0.2, -0.15) is 0 Å². The second-order valence-electron chi connectivity index (χ2n) is 3.62. The van der Waals surface area contributed by atoms with Gasteiger partial charge in [-0.15, -0.1) is 24.8 Å². The summed E-state index contributed by atoms with van der Waals surface area (Å²) in [6.45, 7) is 0.337. The van der Waals surface area contributed by atoms with Crippen molar-refractivity contribution in [3.05, 3.63) is 23.2 Å². The van der Waals surface area contributed by atoms with Crippen molar-refractivity contribution in [2.24, 2.45) is 5.73 Å². The van der Waals surface area contributed by atoms with Crippen molar-refractivity contribution in [1.82, 2.24) is 0 Å². The molecule has 0 bridgehead atoms. The molecule has 0 aromatic heterocycles. The first-order valence-corrected chi connectivity index (χ1v) is 5.39. The largest absolute Gasteiger partial charge is 0.375 e. The minimum atomic E-state index is -0.104. The summed E-state index contributed by atoms with van der Waals surface area (Å²) in [7, 11) is 3.75. The second kappa shape index (κ2) is 9.28. The van der Waals surface area contributed by atoms with Crippen molar-refractivity contribution in [3.8, 4) is 0 Å². The fraction of sp³-hybridized carbons (Fsp3) is 0.364. The Morgan fingerprint density at radius 2 is 2.00 bits per heavy atom. The molecule has 0 aliphatic carbocycles. The highest BCUT2D eigenvalue weighted by Gasteiger charge is 2.10. The molecule has 0 radical (unpaired) electrons. The van der Waals surface area contributed by atoms with Crippen LogP contribution >= 0.6 is 36.4 Å². The predicted octanol–water partition coefficient (Wildman–Crippen LogP) is 2.54. The fourth-order valence-electron chi connectivity index (χ4n) is 1.41. The molecule has 0 aliphatic rings. The molecule has 7 heteroatoms. The van der Waals surface area contributed by atoms with E-state index in [2.05, 4.69) is 5.32 Å². The fourth-order valence-corrected chi connectivity index (χ4v) is 1.76. The molecule has 1 amide bonds. The van der Waals surface area contributed by atoms with Crippen molar-refractivity contribution >= 4 is 53.7 Å². The number of nitrogens with one attached hydrogen (secondary N) is 1. The van der Waals surface area contributed by atoms with E-state index in [1.807, 2.05) is 25.1 Å². The third kappa shape index (κ3) is 5.31. The highest BCUT2D eigenvalue weighted by molar-refractivity contribution is 6.34. The van der Waals surface area contributed by atoms with E-state index in [1.54, 1.807) is 12.1 Å². The Bertz CT molecular complexity index is 386. The Kier molecular flexibility index (Phi) is 10.1. The van der Waals surface area contributed by atoms with Gasteiger partial charge < -0.3 is 16.0 Å². The number of nitrogens with zero attached hydrogens (tertiary/aromatic N) is 1. The highest BCUT2D eigenvalue weighted by Crippen LogP contribution is 2.32. The molecule has 0 heterocycles. The van der Waals surface area contributed by atoms with E-state index in [0.29, 0.717) is 23.7 Å². The summed E-state index contributed by atoms with van der Waals surface area (Å²) < 4.78 is 0. The van der Waals surface area contributed by atoms with Crippen LogP contribution < -0.4 is 16.0 Å². The van der Waals surface area contributed by atoms with Gasteiger partial charge in [0.05, 0.1) is 16.4 Å². The summed E-state index contributed by atoms with van der Waals surface area (Å²) in [6.07, 6.45) is 0.305. The Balaban J connectivity index is 0. The standard InChI is InChI=1S/C11H16ClN3O.2ClH/c1-15(2)11-8(12)4-3-5-9(11)14-10(16)6-7-13;;/h3-5H,6-7,13H2,1-2H3,(H,14,16);2*1H. The molecular weight excluding hydrogens is 296 g/mol. The molecule has 1 aromatic rings. The number of para-hydroxylation sites is 1. The van der Waals surface area contributed by atoms with Gasteiger partial charge in [0, 0.05) is 27.1 Å². The van der Waals surface area contributed by atoms with Crippen LogP contribution in [0.1, 0.15) is 6.42 Å². The normalized spacial score (nSPS) is 8.89. The monoisotopic (exact) mass is 313 g/mol. The van der Waals surface area contributed by atoms with Gasteiger partial charge in [0.15, 0.2) is 0 Å². The first kappa shape index (κ1) is 19.7. The lowest BCUT2D eigenvalue weighted by molar-refractivity contribution is -0.116. The first-order valence-electron chi connectivity index (χ1n) is 5.02. The molecule has 3 N–H and O–H groups in total. The number of carbonyl (C=O) groups excluding carboxylic acids is 1. The van der Waals surface area contributed by atoms with Crippen LogP contribution in [0, 0.1) is 0 Å². The number of hydrogen-bond donors (Lipinski definition) is 2. The molecule has 0 saturated carbocycles. The number of benzene rings is 1. The zero-order valence-electron chi connectivity index (χ0n) is 10.3. The summed E-state index contributed by atoms with van der Waals surface area (Å²) in [5, 5.41) is 3.40. The molecule has 1 rings (SSSR count). The van der Waals surface area contributed by atoms with E-state index in [0.717, 1.165) is 5.69 Å². The number of hydrogen-bond acceptors (Lipinski definition) is 3. The average Bonchev–Trinajstić information content (AvgIpc) is 2.17. The average molecular weight is 315 g/mol. The van der Waals surface area contributed by atoms with Gasteiger partial charge in [0.2, 0.25) is 5.91 Å². The Labute approximate surface area is 125 Å². The molecule has 0 saturated heterocycles. The quantitative estimate of drug-likeness (QED) is 0.898. The van der Waals surface area contributed by atoms with Gasteiger partial charge in [0.1, 0.15) is 0 Å². The molecule has 0 spiro atoms. The highest BCUT2D eigenvalue weighted by atomic mass is 35.5. The van der Waals surface area contributed by atoms with Crippen LogP contribution in [0.3, 0.4) is 0 Å². The van der Waals surface area contributed by atoms with Crippen LogP contribution in [0.5, 0.6) is 0 Å². The maximum Gasteiger partial charge on any atom is 0.225 e. The van der Waals surface area contributed by atoms with Crippen LogP contribution in [0.25, 0.3) is 0 Å². The summed E-state index contributed by atoms with van der Waals surface area (Å²) in [5.41, 5.74) is 6.82. The molecule has 4 nitrogen and oxygen atoms in total. The van der Waals surface area contributed by atoms with E-state index in [1.165, 1.54) is 0 Å². The minimum Gasteiger partial charge on any atom is -0.375 e. The van der Waals surface area contributed by atoms with E-state index < -0.39 is 0 Å². The molecule has 104 valence electrons. The maximum atomic E-state index is 11.4. The predicted molar refractivity (Wildman–Crippen MR) is 82.6 cm³/mol. The van der Waals surface area contributed by atoms with Crippen LogP contribution in [0.2, 0.25) is 5.02 Å². The van der Waals surface area contributed by atoms with Crippen LogP contribution in [-0.4, -0.2) is 26.5 Å². The van der Waals surface area contributed by atoms with Gasteiger partial charge >= 0.3 is 0 Å². The number of carbonyl (C=O) groups is 1. The van der Waals surface area contributed by atoms with Gasteiger partial charge in [-0.25, -0.2) is 0 Å². The van der Waals surface area contributed by atoms with E-state index in [4.69, 9.17) is 17.3 Å². The van der Waals surface area contributed by atoms with Gasteiger partial charge in [-0.1, -0.05) is 17.7 Å². The van der Waals surface area contributed by atoms with Crippen molar-refractivity contribution < 1.29 is 4.79 Å². The van der Waals surface area contributed by atoms with Gasteiger partial charge in [-0.3, -0.25) is 4.79 Å². The number of halogens is 3. The zero-order chi connectivity index (χ0) is 12.1. The van der Waals surface area contributed by atoms with Crippen molar-refractivity contribution in [2.75, 3.05) is 30.9 Å². The molecule has 18 heavy (non-hydrogen) atoms. The molecule has 0 aliphatic heterocycles. The molecule has 0 fully saturated rings. The lowest BCUT2D eigenvalue weighted by atomic mass is 10.2. The lowest BCUT2D eigenvalue weighted by Gasteiger charge is -2.19. The number of rotatable bonds is 4. The van der Waals surface area contributed by atoms with E-state index >= 15 is 0 Å². The molecule has 0 unspecified atom stereocenters. The summed E-state index contributed by atoms with van der Waals surface area (Å²) >= 11 is 6.07. The zero-order valence-corrected chi connectivity index (χ0v) is 12.7. The van der Waals surface area contributed by atoms with Crippen molar-refractivity contribution in [1.29, 1.82) is 0 Å². The molecule has 1 aromatic carbocycles. The topological polar surface area (TPSA) is 58.4 Å². The SMILES string of the molecule is CN(C)c1c(Cl)cccc1NC(=O)CCN.Cl.Cl. The third-order valence-electron chi connectivity index (χ3n) is 2.08. The van der Waals surface area contributed by atoms with Gasteiger partial charge in [-0.05, 0) is 12.1 Å². The summed E-state index contributed by atoms with van der Waals surface area (Å²) in [4.78, 5) is 13.3. The van der Waals surface area contributed by atoms with Crippen LogP contribution in [0.15, 0.2) is 18.2 Å². The van der Waals surface area contributed by atoms with Gasteiger partial charge in [0.25, 0.3) is 0 Å². The Morgan fingerprint density at radius 1 is 1.39 bits per heavy atom.